The first-order valence-electron chi connectivity index (χ1n) is 5.07. The standard InChI is InChI=1S/C10H19NO2/c1-13-8-2-3-10(12)9-4-6-11-7-5-9/h9,11H,2-8H2,1H3. The molecule has 0 aromatic rings. The SMILES string of the molecule is COCCCC(=O)C1CCNCC1. The molecule has 1 saturated heterocycles. The molecule has 0 atom stereocenters. The molecule has 1 heterocycles. The largest absolute Gasteiger partial charge is 0.385 e. The van der Waals surface area contributed by atoms with Gasteiger partial charge in [0.1, 0.15) is 5.78 Å². The highest BCUT2D eigenvalue weighted by Gasteiger charge is 2.19. The molecular weight excluding hydrogens is 166 g/mol. The van der Waals surface area contributed by atoms with Gasteiger partial charge in [0.25, 0.3) is 0 Å². The molecule has 1 fully saturated rings. The Morgan fingerprint density at radius 2 is 2.15 bits per heavy atom. The first kappa shape index (κ1) is 10.7. The molecule has 0 aromatic carbocycles. The van der Waals surface area contributed by atoms with Crippen LogP contribution in [-0.4, -0.2) is 32.6 Å². The van der Waals surface area contributed by atoms with Gasteiger partial charge in [0.2, 0.25) is 0 Å². The average Bonchev–Trinajstić information content (AvgIpc) is 2.19. The van der Waals surface area contributed by atoms with E-state index in [0.29, 0.717) is 24.7 Å². The Labute approximate surface area is 79.8 Å². The van der Waals surface area contributed by atoms with Crippen molar-refractivity contribution in [1.29, 1.82) is 0 Å². The molecule has 3 nitrogen and oxygen atoms in total. The molecule has 0 bridgehead atoms. The lowest BCUT2D eigenvalue weighted by Crippen LogP contribution is -2.31. The number of Topliss-reactive ketones (excluding diaryl/α,β-unsaturated/α-hetero) is 1. The van der Waals surface area contributed by atoms with Crippen LogP contribution in [0.1, 0.15) is 25.7 Å². The summed E-state index contributed by atoms with van der Waals surface area (Å²) in [7, 11) is 1.68. The van der Waals surface area contributed by atoms with E-state index >= 15 is 0 Å². The third-order valence-corrected chi connectivity index (χ3v) is 2.57. The second kappa shape index (κ2) is 6.11. The van der Waals surface area contributed by atoms with Crippen molar-refractivity contribution in [2.45, 2.75) is 25.7 Å². The summed E-state index contributed by atoms with van der Waals surface area (Å²) in [5.41, 5.74) is 0. The Kier molecular flexibility index (Phi) is 5.01. The van der Waals surface area contributed by atoms with E-state index in [1.165, 1.54) is 0 Å². The topological polar surface area (TPSA) is 38.3 Å². The van der Waals surface area contributed by atoms with Gasteiger partial charge in [0.15, 0.2) is 0 Å². The van der Waals surface area contributed by atoms with E-state index in [4.69, 9.17) is 4.74 Å². The normalized spacial score (nSPS) is 18.8. The Morgan fingerprint density at radius 3 is 2.77 bits per heavy atom. The lowest BCUT2D eigenvalue weighted by Gasteiger charge is -2.21. The summed E-state index contributed by atoms with van der Waals surface area (Å²) in [6.45, 7) is 2.71. The quantitative estimate of drug-likeness (QED) is 0.649. The zero-order valence-corrected chi connectivity index (χ0v) is 8.34. The van der Waals surface area contributed by atoms with E-state index in [9.17, 15) is 4.79 Å². The Hall–Kier alpha value is -0.410. The summed E-state index contributed by atoms with van der Waals surface area (Å²) in [4.78, 5) is 11.6. The van der Waals surface area contributed by atoms with Gasteiger partial charge in [-0.15, -0.1) is 0 Å². The van der Waals surface area contributed by atoms with Gasteiger partial charge in [-0.25, -0.2) is 0 Å². The molecule has 0 radical (unpaired) electrons. The Bertz CT molecular complexity index is 153. The predicted octanol–water partition coefficient (Wildman–Crippen LogP) is 0.982. The van der Waals surface area contributed by atoms with Crippen LogP contribution in [0.15, 0.2) is 0 Å². The van der Waals surface area contributed by atoms with Crippen LogP contribution in [0.5, 0.6) is 0 Å². The summed E-state index contributed by atoms with van der Waals surface area (Å²) in [6, 6.07) is 0. The van der Waals surface area contributed by atoms with E-state index in [-0.39, 0.29) is 0 Å². The highest BCUT2D eigenvalue weighted by Crippen LogP contribution is 2.15. The predicted molar refractivity (Wildman–Crippen MR) is 51.7 cm³/mol. The van der Waals surface area contributed by atoms with Crippen molar-refractivity contribution in [2.24, 2.45) is 5.92 Å². The molecular formula is C10H19NO2. The molecule has 13 heavy (non-hydrogen) atoms. The van der Waals surface area contributed by atoms with E-state index in [0.717, 1.165) is 32.4 Å². The zero-order chi connectivity index (χ0) is 9.52. The first-order valence-corrected chi connectivity index (χ1v) is 5.07. The number of hydrogen-bond donors (Lipinski definition) is 1. The molecule has 0 amide bonds. The van der Waals surface area contributed by atoms with Crippen molar-refractivity contribution in [3.8, 4) is 0 Å². The minimum atomic E-state index is 0.318. The number of nitrogens with one attached hydrogen (secondary N) is 1. The lowest BCUT2D eigenvalue weighted by atomic mass is 9.91. The molecule has 0 spiro atoms. The fourth-order valence-corrected chi connectivity index (χ4v) is 1.74. The number of carbonyl (C=O) groups is 1. The van der Waals surface area contributed by atoms with Crippen molar-refractivity contribution < 1.29 is 9.53 Å². The highest BCUT2D eigenvalue weighted by molar-refractivity contribution is 5.81. The smallest absolute Gasteiger partial charge is 0.136 e. The van der Waals surface area contributed by atoms with Crippen LogP contribution in [0, 0.1) is 5.92 Å². The molecule has 1 N–H and O–H groups in total. The van der Waals surface area contributed by atoms with Gasteiger partial charge < -0.3 is 10.1 Å². The van der Waals surface area contributed by atoms with Crippen LogP contribution in [0.4, 0.5) is 0 Å². The second-order valence-electron chi connectivity index (χ2n) is 3.59. The number of carbonyl (C=O) groups excluding carboxylic acids is 1. The average molecular weight is 185 g/mol. The molecule has 76 valence electrons. The maximum atomic E-state index is 11.6. The number of rotatable bonds is 5. The van der Waals surface area contributed by atoms with Crippen LogP contribution in [0.25, 0.3) is 0 Å². The van der Waals surface area contributed by atoms with Crippen LogP contribution in [0.3, 0.4) is 0 Å². The molecule has 0 unspecified atom stereocenters. The summed E-state index contributed by atoms with van der Waals surface area (Å²) in [5, 5.41) is 3.26. The lowest BCUT2D eigenvalue weighted by molar-refractivity contribution is -0.123. The Morgan fingerprint density at radius 1 is 1.46 bits per heavy atom. The first-order chi connectivity index (χ1) is 6.34. The van der Waals surface area contributed by atoms with Crippen LogP contribution in [-0.2, 0) is 9.53 Å². The van der Waals surface area contributed by atoms with Crippen molar-refractivity contribution in [1.82, 2.24) is 5.32 Å². The third-order valence-electron chi connectivity index (χ3n) is 2.57. The molecule has 0 aliphatic carbocycles. The van der Waals surface area contributed by atoms with E-state index in [1.807, 2.05) is 0 Å². The maximum absolute atomic E-state index is 11.6. The van der Waals surface area contributed by atoms with Crippen LogP contribution in [0.2, 0.25) is 0 Å². The number of piperidine rings is 1. The summed E-state index contributed by atoms with van der Waals surface area (Å²) < 4.78 is 4.91. The summed E-state index contributed by atoms with van der Waals surface area (Å²) in [6.07, 6.45) is 3.61. The molecule has 1 aliphatic heterocycles. The third kappa shape index (κ3) is 3.87. The molecule has 1 rings (SSSR count). The Balaban J connectivity index is 2.13. The van der Waals surface area contributed by atoms with Gasteiger partial charge in [-0.2, -0.15) is 0 Å². The van der Waals surface area contributed by atoms with Crippen LogP contribution >= 0.6 is 0 Å². The minimum absolute atomic E-state index is 0.318. The number of methoxy groups -OCH3 is 1. The van der Waals surface area contributed by atoms with Gasteiger partial charge in [-0.1, -0.05) is 0 Å². The van der Waals surface area contributed by atoms with E-state index in [2.05, 4.69) is 5.32 Å². The van der Waals surface area contributed by atoms with E-state index in [1.54, 1.807) is 7.11 Å². The number of hydrogen-bond acceptors (Lipinski definition) is 3. The van der Waals surface area contributed by atoms with Crippen LogP contribution < -0.4 is 5.32 Å². The molecule has 0 aromatic heterocycles. The number of ether oxygens (including phenoxy) is 1. The van der Waals surface area contributed by atoms with Crippen molar-refractivity contribution in [2.75, 3.05) is 26.8 Å². The molecule has 1 aliphatic rings. The van der Waals surface area contributed by atoms with Gasteiger partial charge in [0.05, 0.1) is 0 Å². The summed E-state index contributed by atoms with van der Waals surface area (Å²) >= 11 is 0. The van der Waals surface area contributed by atoms with Gasteiger partial charge in [0, 0.05) is 26.1 Å². The zero-order valence-electron chi connectivity index (χ0n) is 8.34. The van der Waals surface area contributed by atoms with Gasteiger partial charge in [-0.3, -0.25) is 4.79 Å². The molecule has 3 heteroatoms. The fraction of sp³-hybridized carbons (Fsp3) is 0.900. The minimum Gasteiger partial charge on any atom is -0.385 e. The maximum Gasteiger partial charge on any atom is 0.136 e. The highest BCUT2D eigenvalue weighted by atomic mass is 16.5. The van der Waals surface area contributed by atoms with Gasteiger partial charge in [-0.05, 0) is 32.4 Å². The monoisotopic (exact) mass is 185 g/mol. The van der Waals surface area contributed by atoms with Crippen molar-refractivity contribution >= 4 is 5.78 Å². The van der Waals surface area contributed by atoms with Gasteiger partial charge >= 0.3 is 0 Å². The fourth-order valence-electron chi connectivity index (χ4n) is 1.74. The molecule has 0 saturated carbocycles. The van der Waals surface area contributed by atoms with E-state index < -0.39 is 0 Å². The second-order valence-corrected chi connectivity index (χ2v) is 3.59. The van der Waals surface area contributed by atoms with Crippen molar-refractivity contribution in [3.63, 3.8) is 0 Å². The number of ketones is 1. The van der Waals surface area contributed by atoms with Crippen molar-refractivity contribution in [3.05, 3.63) is 0 Å². The summed E-state index contributed by atoms with van der Waals surface area (Å²) in [5.74, 6) is 0.747.